The van der Waals surface area contributed by atoms with Gasteiger partial charge in [0.15, 0.2) is 5.13 Å². The van der Waals surface area contributed by atoms with Gasteiger partial charge in [-0.3, -0.25) is 9.59 Å². The van der Waals surface area contributed by atoms with E-state index in [1.165, 1.54) is 11.3 Å². The summed E-state index contributed by atoms with van der Waals surface area (Å²) in [5.41, 5.74) is 1.75. The van der Waals surface area contributed by atoms with E-state index in [0.29, 0.717) is 18.2 Å². The molecule has 1 aliphatic heterocycles. The predicted octanol–water partition coefficient (Wildman–Crippen LogP) is 3.84. The van der Waals surface area contributed by atoms with E-state index < -0.39 is 0 Å². The Labute approximate surface area is 161 Å². The SMILES string of the molecule is O=C(Nc1nc2c(s1)CN(C(=O)c1cccc3ccccc13)CC2)C1CC1. The van der Waals surface area contributed by atoms with E-state index in [1.54, 1.807) is 0 Å². The van der Waals surface area contributed by atoms with Crippen molar-refractivity contribution >= 4 is 39.1 Å². The fourth-order valence-electron chi connectivity index (χ4n) is 3.56. The van der Waals surface area contributed by atoms with E-state index in [4.69, 9.17) is 0 Å². The number of aromatic nitrogens is 1. The number of hydrogen-bond acceptors (Lipinski definition) is 4. The van der Waals surface area contributed by atoms with Crippen molar-refractivity contribution in [1.82, 2.24) is 9.88 Å². The zero-order valence-electron chi connectivity index (χ0n) is 14.8. The van der Waals surface area contributed by atoms with Crippen molar-refractivity contribution in [3.8, 4) is 0 Å². The minimum atomic E-state index is 0.0504. The van der Waals surface area contributed by atoms with Gasteiger partial charge >= 0.3 is 0 Å². The molecule has 2 amide bonds. The number of anilines is 1. The highest BCUT2D eigenvalue weighted by atomic mass is 32.1. The lowest BCUT2D eigenvalue weighted by atomic mass is 10.0. The predicted molar refractivity (Wildman–Crippen MR) is 106 cm³/mol. The van der Waals surface area contributed by atoms with Crippen LogP contribution in [0.2, 0.25) is 0 Å². The number of fused-ring (bicyclic) bond motifs is 2. The molecule has 0 bridgehead atoms. The maximum atomic E-state index is 13.1. The molecule has 5 nitrogen and oxygen atoms in total. The van der Waals surface area contributed by atoms with Crippen molar-refractivity contribution in [3.05, 3.63) is 58.6 Å². The highest BCUT2D eigenvalue weighted by Gasteiger charge is 2.31. The average Bonchev–Trinajstić information content (AvgIpc) is 3.47. The Kier molecular flexibility index (Phi) is 3.93. The maximum absolute atomic E-state index is 13.1. The second-order valence-electron chi connectivity index (χ2n) is 7.16. The molecule has 2 aliphatic rings. The van der Waals surface area contributed by atoms with Crippen LogP contribution < -0.4 is 5.32 Å². The Bertz CT molecular complexity index is 1050. The molecule has 136 valence electrons. The molecule has 1 fully saturated rings. The van der Waals surface area contributed by atoms with Gasteiger partial charge in [0.1, 0.15) is 0 Å². The molecule has 1 N–H and O–H groups in total. The van der Waals surface area contributed by atoms with Crippen LogP contribution in [0.5, 0.6) is 0 Å². The fourth-order valence-corrected chi connectivity index (χ4v) is 4.58. The van der Waals surface area contributed by atoms with Gasteiger partial charge in [-0.05, 0) is 29.7 Å². The summed E-state index contributed by atoms with van der Waals surface area (Å²) in [5, 5.41) is 5.65. The zero-order valence-corrected chi connectivity index (χ0v) is 15.6. The molecule has 2 heterocycles. The number of carbonyl (C=O) groups is 2. The van der Waals surface area contributed by atoms with E-state index in [2.05, 4.69) is 10.3 Å². The third-order valence-electron chi connectivity index (χ3n) is 5.22. The van der Waals surface area contributed by atoms with E-state index in [-0.39, 0.29) is 17.7 Å². The maximum Gasteiger partial charge on any atom is 0.254 e. The number of benzene rings is 2. The number of carbonyl (C=O) groups excluding carboxylic acids is 2. The Morgan fingerprint density at radius 1 is 1.11 bits per heavy atom. The Balaban J connectivity index is 1.37. The van der Waals surface area contributed by atoms with Crippen LogP contribution in [-0.4, -0.2) is 28.2 Å². The summed E-state index contributed by atoms with van der Waals surface area (Å²) < 4.78 is 0. The molecule has 0 atom stereocenters. The van der Waals surface area contributed by atoms with Gasteiger partial charge in [0, 0.05) is 29.3 Å². The van der Waals surface area contributed by atoms with Crippen LogP contribution in [0.1, 0.15) is 33.8 Å². The largest absolute Gasteiger partial charge is 0.333 e. The normalized spacial score (nSPS) is 16.2. The summed E-state index contributed by atoms with van der Waals surface area (Å²) in [6.45, 7) is 1.20. The molecule has 5 rings (SSSR count). The molecular formula is C21H19N3O2S. The third-order valence-corrected chi connectivity index (χ3v) is 6.21. The first-order valence-corrected chi connectivity index (χ1v) is 10.1. The zero-order chi connectivity index (χ0) is 18.4. The standard InChI is InChI=1S/C21H19N3O2S/c25-19(14-8-9-14)23-21-22-17-10-11-24(12-18(17)27-21)20(26)16-7-3-5-13-4-1-2-6-15(13)16/h1-7,14H,8-12H2,(H,22,23,25). The minimum absolute atomic E-state index is 0.0504. The summed E-state index contributed by atoms with van der Waals surface area (Å²) >= 11 is 1.49. The first-order valence-electron chi connectivity index (χ1n) is 9.25. The van der Waals surface area contributed by atoms with Crippen molar-refractivity contribution in [1.29, 1.82) is 0 Å². The quantitative estimate of drug-likeness (QED) is 0.754. The summed E-state index contributed by atoms with van der Waals surface area (Å²) in [6, 6.07) is 13.8. The van der Waals surface area contributed by atoms with Crippen LogP contribution in [0, 0.1) is 5.92 Å². The van der Waals surface area contributed by atoms with Gasteiger partial charge in [-0.1, -0.05) is 47.7 Å². The van der Waals surface area contributed by atoms with Crippen LogP contribution in [0.25, 0.3) is 10.8 Å². The molecule has 3 aromatic rings. The second-order valence-corrected chi connectivity index (χ2v) is 8.24. The second kappa shape index (κ2) is 6.46. The highest BCUT2D eigenvalue weighted by molar-refractivity contribution is 7.15. The van der Waals surface area contributed by atoms with Crippen molar-refractivity contribution in [2.45, 2.75) is 25.8 Å². The van der Waals surface area contributed by atoms with Crippen LogP contribution in [-0.2, 0) is 17.8 Å². The number of amides is 2. The lowest BCUT2D eigenvalue weighted by Gasteiger charge is -2.26. The highest BCUT2D eigenvalue weighted by Crippen LogP contribution is 2.33. The average molecular weight is 377 g/mol. The summed E-state index contributed by atoms with van der Waals surface area (Å²) in [6.07, 6.45) is 2.68. The molecule has 1 aliphatic carbocycles. The molecule has 0 spiro atoms. The van der Waals surface area contributed by atoms with Gasteiger partial charge in [-0.2, -0.15) is 0 Å². The number of thiazole rings is 1. The summed E-state index contributed by atoms with van der Waals surface area (Å²) in [5.74, 6) is 0.287. The summed E-state index contributed by atoms with van der Waals surface area (Å²) in [7, 11) is 0. The van der Waals surface area contributed by atoms with E-state index in [1.807, 2.05) is 47.4 Å². The molecule has 0 radical (unpaired) electrons. The van der Waals surface area contributed by atoms with Gasteiger partial charge in [-0.25, -0.2) is 4.98 Å². The molecule has 6 heteroatoms. The Hall–Kier alpha value is -2.73. The van der Waals surface area contributed by atoms with E-state index in [0.717, 1.165) is 46.2 Å². The summed E-state index contributed by atoms with van der Waals surface area (Å²) in [4.78, 5) is 32.6. The number of nitrogens with one attached hydrogen (secondary N) is 1. The molecule has 1 aromatic heterocycles. The first-order chi connectivity index (χ1) is 13.2. The van der Waals surface area contributed by atoms with Crippen LogP contribution in [0.4, 0.5) is 5.13 Å². The van der Waals surface area contributed by atoms with Crippen LogP contribution >= 0.6 is 11.3 Å². The molecule has 1 saturated carbocycles. The Morgan fingerprint density at radius 3 is 2.78 bits per heavy atom. The molecule has 0 unspecified atom stereocenters. The number of nitrogens with zero attached hydrogens (tertiary/aromatic N) is 2. The van der Waals surface area contributed by atoms with Crippen molar-refractivity contribution < 1.29 is 9.59 Å². The van der Waals surface area contributed by atoms with Crippen LogP contribution in [0.15, 0.2) is 42.5 Å². The van der Waals surface area contributed by atoms with Gasteiger partial charge < -0.3 is 10.2 Å². The van der Waals surface area contributed by atoms with E-state index >= 15 is 0 Å². The van der Waals surface area contributed by atoms with E-state index in [9.17, 15) is 9.59 Å². The third kappa shape index (κ3) is 3.10. The molecular weight excluding hydrogens is 358 g/mol. The monoisotopic (exact) mass is 377 g/mol. The molecule has 0 saturated heterocycles. The van der Waals surface area contributed by atoms with Crippen molar-refractivity contribution in [2.75, 3.05) is 11.9 Å². The topological polar surface area (TPSA) is 62.3 Å². The van der Waals surface area contributed by atoms with Crippen molar-refractivity contribution in [2.24, 2.45) is 5.92 Å². The lowest BCUT2D eigenvalue weighted by molar-refractivity contribution is -0.117. The molecule has 27 heavy (non-hydrogen) atoms. The lowest BCUT2D eigenvalue weighted by Crippen LogP contribution is -2.35. The number of rotatable bonds is 3. The minimum Gasteiger partial charge on any atom is -0.333 e. The van der Waals surface area contributed by atoms with Gasteiger partial charge in [-0.15, -0.1) is 0 Å². The molecule has 2 aromatic carbocycles. The first kappa shape index (κ1) is 16.4. The van der Waals surface area contributed by atoms with Gasteiger partial charge in [0.2, 0.25) is 5.91 Å². The Morgan fingerprint density at radius 2 is 1.93 bits per heavy atom. The van der Waals surface area contributed by atoms with Crippen molar-refractivity contribution in [3.63, 3.8) is 0 Å². The fraction of sp³-hybridized carbons (Fsp3) is 0.286. The van der Waals surface area contributed by atoms with Gasteiger partial charge in [0.25, 0.3) is 5.91 Å². The smallest absolute Gasteiger partial charge is 0.254 e. The van der Waals surface area contributed by atoms with Crippen LogP contribution in [0.3, 0.4) is 0 Å². The number of hydrogen-bond donors (Lipinski definition) is 1. The van der Waals surface area contributed by atoms with Gasteiger partial charge in [0.05, 0.1) is 12.2 Å².